The van der Waals surface area contributed by atoms with Crippen LogP contribution in [0.15, 0.2) is 18.3 Å². The van der Waals surface area contributed by atoms with Crippen molar-refractivity contribution in [2.24, 2.45) is 0 Å². The smallest absolute Gasteiger partial charge is 0.219 e. The second-order valence-electron chi connectivity index (χ2n) is 4.18. The third-order valence-electron chi connectivity index (χ3n) is 2.53. The number of nitrogens with two attached hydrogens (primary N) is 1. The van der Waals surface area contributed by atoms with Crippen molar-refractivity contribution in [2.75, 3.05) is 24.1 Å². The number of nitrogen functional groups attached to an aromatic ring is 1. The average molecular weight is 250 g/mol. The molecule has 0 aliphatic rings. The van der Waals surface area contributed by atoms with E-state index in [0.717, 1.165) is 38.2 Å². The number of rotatable bonds is 8. The molecule has 0 aliphatic heterocycles. The molecule has 18 heavy (non-hydrogen) atoms. The molecule has 1 heterocycles. The van der Waals surface area contributed by atoms with Crippen molar-refractivity contribution in [3.05, 3.63) is 18.3 Å². The topological polar surface area (TPSA) is 80.0 Å². The summed E-state index contributed by atoms with van der Waals surface area (Å²) >= 11 is 0. The predicted octanol–water partition coefficient (Wildman–Crippen LogP) is 1.77. The van der Waals surface area contributed by atoms with Crippen molar-refractivity contribution < 1.29 is 4.79 Å². The molecule has 0 bridgehead atoms. The molecule has 0 aromatic carbocycles. The van der Waals surface area contributed by atoms with Crippen molar-refractivity contribution in [3.63, 3.8) is 0 Å². The zero-order valence-electron chi connectivity index (χ0n) is 10.9. The van der Waals surface area contributed by atoms with E-state index < -0.39 is 0 Å². The van der Waals surface area contributed by atoms with Crippen molar-refractivity contribution in [2.45, 2.75) is 32.6 Å². The molecule has 0 unspecified atom stereocenters. The zero-order valence-corrected chi connectivity index (χ0v) is 10.9. The van der Waals surface area contributed by atoms with E-state index in [2.05, 4.69) is 15.6 Å². The highest BCUT2D eigenvalue weighted by Gasteiger charge is 1.99. The fraction of sp³-hybridized carbons (Fsp3) is 0.538. The summed E-state index contributed by atoms with van der Waals surface area (Å²) < 4.78 is 0. The van der Waals surface area contributed by atoms with Crippen LogP contribution in [0.2, 0.25) is 0 Å². The van der Waals surface area contributed by atoms with E-state index in [1.807, 2.05) is 19.1 Å². The molecule has 5 heteroatoms. The Morgan fingerprint density at radius 1 is 1.39 bits per heavy atom. The van der Waals surface area contributed by atoms with Crippen LogP contribution in [-0.4, -0.2) is 24.0 Å². The molecule has 1 rings (SSSR count). The third kappa shape index (κ3) is 5.52. The van der Waals surface area contributed by atoms with Crippen molar-refractivity contribution in [1.82, 2.24) is 10.3 Å². The maximum atomic E-state index is 11.2. The van der Waals surface area contributed by atoms with Crippen LogP contribution in [0.25, 0.3) is 0 Å². The number of carbonyl (C=O) groups excluding carboxylic acids is 1. The summed E-state index contributed by atoms with van der Waals surface area (Å²) in [6.45, 7) is 3.55. The Morgan fingerprint density at radius 3 is 2.89 bits per heavy atom. The van der Waals surface area contributed by atoms with Crippen molar-refractivity contribution in [3.8, 4) is 0 Å². The molecule has 4 N–H and O–H groups in total. The van der Waals surface area contributed by atoms with Gasteiger partial charge in [0.1, 0.15) is 5.82 Å². The zero-order chi connectivity index (χ0) is 13.2. The summed E-state index contributed by atoms with van der Waals surface area (Å²) in [5.41, 5.74) is 6.41. The van der Waals surface area contributed by atoms with Gasteiger partial charge in [0.25, 0.3) is 0 Å². The number of hydrogen-bond donors (Lipinski definition) is 3. The Kier molecular flexibility index (Phi) is 6.61. The Labute approximate surface area is 108 Å². The van der Waals surface area contributed by atoms with Crippen LogP contribution in [0.3, 0.4) is 0 Å². The largest absolute Gasteiger partial charge is 0.396 e. The first-order valence-electron chi connectivity index (χ1n) is 6.45. The van der Waals surface area contributed by atoms with Crippen molar-refractivity contribution >= 4 is 17.4 Å². The van der Waals surface area contributed by atoms with Crippen LogP contribution in [0.4, 0.5) is 11.5 Å². The number of amides is 1. The van der Waals surface area contributed by atoms with Crippen LogP contribution in [0, 0.1) is 0 Å². The monoisotopic (exact) mass is 250 g/mol. The number of nitrogens with zero attached hydrogens (tertiary/aromatic N) is 1. The van der Waals surface area contributed by atoms with Gasteiger partial charge in [0.15, 0.2) is 0 Å². The highest BCUT2D eigenvalue weighted by Crippen LogP contribution is 2.12. The van der Waals surface area contributed by atoms with Gasteiger partial charge in [-0.15, -0.1) is 0 Å². The lowest BCUT2D eigenvalue weighted by Gasteiger charge is -2.08. The standard InChI is InChI=1S/C13H22N4O/c1-2-6-12(18)15-8-3-4-9-16-13-11(14)7-5-10-17-13/h5,7,10H,2-4,6,8-9,14H2,1H3,(H,15,18)(H,16,17). The lowest BCUT2D eigenvalue weighted by atomic mass is 10.3. The van der Waals surface area contributed by atoms with E-state index in [0.29, 0.717) is 12.1 Å². The third-order valence-corrected chi connectivity index (χ3v) is 2.53. The molecular weight excluding hydrogens is 228 g/mol. The predicted molar refractivity (Wildman–Crippen MR) is 74.3 cm³/mol. The first-order valence-corrected chi connectivity index (χ1v) is 6.45. The number of anilines is 2. The molecule has 5 nitrogen and oxygen atoms in total. The SMILES string of the molecule is CCCC(=O)NCCCCNc1ncccc1N. The highest BCUT2D eigenvalue weighted by molar-refractivity contribution is 5.75. The van der Waals surface area contributed by atoms with Gasteiger partial charge in [-0.3, -0.25) is 4.79 Å². The highest BCUT2D eigenvalue weighted by atomic mass is 16.1. The van der Waals surface area contributed by atoms with Gasteiger partial charge in [0.2, 0.25) is 5.91 Å². The molecule has 0 saturated carbocycles. The minimum atomic E-state index is 0.138. The number of aromatic nitrogens is 1. The van der Waals surface area contributed by atoms with Crippen LogP contribution in [0.1, 0.15) is 32.6 Å². The molecule has 0 fully saturated rings. The lowest BCUT2D eigenvalue weighted by Crippen LogP contribution is -2.24. The second-order valence-corrected chi connectivity index (χ2v) is 4.18. The van der Waals surface area contributed by atoms with E-state index in [1.54, 1.807) is 6.20 Å². The number of pyridine rings is 1. The molecule has 100 valence electrons. The Balaban J connectivity index is 2.06. The number of nitrogens with one attached hydrogen (secondary N) is 2. The molecule has 1 aromatic heterocycles. The Bertz CT molecular complexity index is 368. The molecule has 0 aliphatic carbocycles. The molecule has 1 amide bonds. The summed E-state index contributed by atoms with van der Waals surface area (Å²) in [5, 5.41) is 6.06. The molecule has 0 radical (unpaired) electrons. The second kappa shape index (κ2) is 8.33. The van der Waals surface area contributed by atoms with Gasteiger partial charge in [0.05, 0.1) is 5.69 Å². The molecule has 1 aromatic rings. The maximum absolute atomic E-state index is 11.2. The Hall–Kier alpha value is -1.78. The molecule has 0 atom stereocenters. The van der Waals surface area contributed by atoms with Gasteiger partial charge < -0.3 is 16.4 Å². The fourth-order valence-corrected chi connectivity index (χ4v) is 1.57. The summed E-state index contributed by atoms with van der Waals surface area (Å²) in [6, 6.07) is 3.63. The van der Waals surface area contributed by atoms with Gasteiger partial charge in [0, 0.05) is 25.7 Å². The van der Waals surface area contributed by atoms with Gasteiger partial charge >= 0.3 is 0 Å². The summed E-state index contributed by atoms with van der Waals surface area (Å²) in [7, 11) is 0. The van der Waals surface area contributed by atoms with E-state index in [4.69, 9.17) is 5.73 Å². The summed E-state index contributed by atoms with van der Waals surface area (Å²) in [4.78, 5) is 15.3. The number of hydrogen-bond acceptors (Lipinski definition) is 4. The first kappa shape index (κ1) is 14.3. The van der Waals surface area contributed by atoms with E-state index in [9.17, 15) is 4.79 Å². The quantitative estimate of drug-likeness (QED) is 0.614. The average Bonchev–Trinajstić information content (AvgIpc) is 2.36. The normalized spacial score (nSPS) is 10.1. The lowest BCUT2D eigenvalue weighted by molar-refractivity contribution is -0.121. The molecular formula is C13H22N4O. The maximum Gasteiger partial charge on any atom is 0.219 e. The van der Waals surface area contributed by atoms with Crippen LogP contribution in [-0.2, 0) is 4.79 Å². The number of unbranched alkanes of at least 4 members (excludes halogenated alkanes) is 1. The van der Waals surface area contributed by atoms with Gasteiger partial charge in [-0.1, -0.05) is 6.92 Å². The summed E-state index contributed by atoms with van der Waals surface area (Å²) in [5.74, 6) is 0.868. The van der Waals surface area contributed by atoms with E-state index in [1.165, 1.54) is 0 Å². The van der Waals surface area contributed by atoms with Crippen LogP contribution < -0.4 is 16.4 Å². The van der Waals surface area contributed by atoms with E-state index >= 15 is 0 Å². The fourth-order valence-electron chi connectivity index (χ4n) is 1.57. The van der Waals surface area contributed by atoms with Crippen molar-refractivity contribution in [1.29, 1.82) is 0 Å². The summed E-state index contributed by atoms with van der Waals surface area (Å²) in [6.07, 6.45) is 5.15. The minimum absolute atomic E-state index is 0.138. The first-order chi connectivity index (χ1) is 8.74. The minimum Gasteiger partial charge on any atom is -0.396 e. The van der Waals surface area contributed by atoms with Gasteiger partial charge in [-0.25, -0.2) is 4.98 Å². The van der Waals surface area contributed by atoms with Gasteiger partial charge in [-0.05, 0) is 31.4 Å². The Morgan fingerprint density at radius 2 is 2.17 bits per heavy atom. The van der Waals surface area contributed by atoms with E-state index in [-0.39, 0.29) is 5.91 Å². The van der Waals surface area contributed by atoms with Crippen LogP contribution >= 0.6 is 0 Å². The molecule has 0 saturated heterocycles. The number of carbonyl (C=O) groups is 1. The van der Waals surface area contributed by atoms with Gasteiger partial charge in [-0.2, -0.15) is 0 Å². The van der Waals surface area contributed by atoms with Crippen LogP contribution in [0.5, 0.6) is 0 Å². The molecule has 0 spiro atoms.